The second-order valence-electron chi connectivity index (χ2n) is 4.14. The van der Waals surface area contributed by atoms with E-state index in [-0.39, 0.29) is 11.5 Å². The Hall–Kier alpha value is -1.75. The van der Waals surface area contributed by atoms with Crippen LogP contribution in [0.5, 0.6) is 0 Å². The molecule has 19 heavy (non-hydrogen) atoms. The van der Waals surface area contributed by atoms with Crippen LogP contribution in [0.15, 0.2) is 47.2 Å². The van der Waals surface area contributed by atoms with Gasteiger partial charge in [-0.1, -0.05) is 15.9 Å². The first kappa shape index (κ1) is 13.7. The molecule has 1 aromatic heterocycles. The fourth-order valence-electron chi connectivity index (χ4n) is 1.70. The number of benzene rings is 1. The van der Waals surface area contributed by atoms with Gasteiger partial charge in [0.05, 0.1) is 5.56 Å². The van der Waals surface area contributed by atoms with Crippen LogP contribution in [0.25, 0.3) is 0 Å². The van der Waals surface area contributed by atoms with Crippen LogP contribution in [0.4, 0.5) is 4.39 Å². The first-order valence-electron chi connectivity index (χ1n) is 5.67. The second-order valence-corrected chi connectivity index (χ2v) is 5.06. The quantitative estimate of drug-likeness (QED) is 0.869. The first-order valence-corrected chi connectivity index (χ1v) is 6.46. The summed E-state index contributed by atoms with van der Waals surface area (Å²) in [5, 5.41) is 0. The monoisotopic (exact) mass is 322 g/mol. The molecule has 1 aromatic carbocycles. The lowest BCUT2D eigenvalue weighted by atomic mass is 10.1. The number of amides is 1. The Morgan fingerprint density at radius 2 is 2.00 bits per heavy atom. The van der Waals surface area contributed by atoms with Crippen LogP contribution in [0.2, 0.25) is 0 Å². The van der Waals surface area contributed by atoms with Gasteiger partial charge in [-0.25, -0.2) is 4.39 Å². The van der Waals surface area contributed by atoms with Gasteiger partial charge in [-0.15, -0.1) is 0 Å². The zero-order valence-electron chi connectivity index (χ0n) is 10.3. The molecule has 1 heterocycles. The van der Waals surface area contributed by atoms with Gasteiger partial charge in [0, 0.05) is 30.5 Å². The SMILES string of the molecule is CN(Cc1ccncc1)C(=O)c1cc(Br)ccc1F. The third-order valence-electron chi connectivity index (χ3n) is 2.67. The van der Waals surface area contributed by atoms with Crippen LogP contribution in [0, 0.1) is 5.82 Å². The zero-order valence-corrected chi connectivity index (χ0v) is 11.9. The number of hydrogen-bond donors (Lipinski definition) is 0. The molecule has 0 unspecified atom stereocenters. The van der Waals surface area contributed by atoms with Crippen molar-refractivity contribution in [1.29, 1.82) is 0 Å². The molecule has 1 amide bonds. The number of carbonyl (C=O) groups excluding carboxylic acids is 1. The maximum absolute atomic E-state index is 13.6. The summed E-state index contributed by atoms with van der Waals surface area (Å²) < 4.78 is 14.3. The largest absolute Gasteiger partial charge is 0.337 e. The van der Waals surface area contributed by atoms with Gasteiger partial charge in [-0.2, -0.15) is 0 Å². The van der Waals surface area contributed by atoms with Crippen LogP contribution < -0.4 is 0 Å². The molecule has 5 heteroatoms. The Labute approximate surface area is 119 Å². The molecule has 0 spiro atoms. The maximum Gasteiger partial charge on any atom is 0.256 e. The summed E-state index contributed by atoms with van der Waals surface area (Å²) in [6.45, 7) is 0.410. The second kappa shape index (κ2) is 5.93. The molecule has 0 aliphatic heterocycles. The predicted octanol–water partition coefficient (Wildman–Crippen LogP) is 3.26. The summed E-state index contributed by atoms with van der Waals surface area (Å²) >= 11 is 3.23. The fourth-order valence-corrected chi connectivity index (χ4v) is 2.06. The average molecular weight is 323 g/mol. The molecule has 0 aliphatic rings. The predicted molar refractivity (Wildman–Crippen MR) is 74.1 cm³/mol. The van der Waals surface area contributed by atoms with Gasteiger partial charge >= 0.3 is 0 Å². The number of rotatable bonds is 3. The van der Waals surface area contributed by atoms with Gasteiger partial charge in [-0.3, -0.25) is 9.78 Å². The molecule has 98 valence electrons. The molecule has 2 rings (SSSR count). The standard InChI is InChI=1S/C14H12BrFN2O/c1-18(9-10-4-6-17-7-5-10)14(19)12-8-11(15)2-3-13(12)16/h2-8H,9H2,1H3. The van der Waals surface area contributed by atoms with E-state index in [0.29, 0.717) is 11.0 Å². The van der Waals surface area contributed by atoms with Gasteiger partial charge < -0.3 is 4.90 Å². The van der Waals surface area contributed by atoms with Gasteiger partial charge in [0.1, 0.15) is 5.82 Å². The minimum Gasteiger partial charge on any atom is -0.337 e. The van der Waals surface area contributed by atoms with Crippen LogP contribution in [-0.2, 0) is 6.54 Å². The van der Waals surface area contributed by atoms with E-state index in [1.807, 2.05) is 12.1 Å². The van der Waals surface area contributed by atoms with Gasteiger partial charge in [-0.05, 0) is 35.9 Å². The molecule has 0 saturated heterocycles. The lowest BCUT2D eigenvalue weighted by Crippen LogP contribution is -2.27. The van der Waals surface area contributed by atoms with Crippen molar-refractivity contribution in [2.24, 2.45) is 0 Å². The normalized spacial score (nSPS) is 10.3. The van der Waals surface area contributed by atoms with Gasteiger partial charge in [0.2, 0.25) is 0 Å². The molecule has 0 fully saturated rings. The zero-order chi connectivity index (χ0) is 13.8. The van der Waals surface area contributed by atoms with E-state index in [2.05, 4.69) is 20.9 Å². The third kappa shape index (κ3) is 3.38. The number of hydrogen-bond acceptors (Lipinski definition) is 2. The Morgan fingerprint density at radius 1 is 1.32 bits per heavy atom. The number of pyridine rings is 1. The van der Waals surface area contributed by atoms with Crippen molar-refractivity contribution in [3.63, 3.8) is 0 Å². The molecular weight excluding hydrogens is 311 g/mol. The molecule has 0 saturated carbocycles. The third-order valence-corrected chi connectivity index (χ3v) is 3.17. The van der Waals surface area contributed by atoms with Gasteiger partial charge in [0.25, 0.3) is 5.91 Å². The average Bonchev–Trinajstić information content (AvgIpc) is 2.42. The van der Waals surface area contributed by atoms with Crippen LogP contribution in [-0.4, -0.2) is 22.8 Å². The van der Waals surface area contributed by atoms with Crippen molar-refractivity contribution in [2.75, 3.05) is 7.05 Å². The first-order chi connectivity index (χ1) is 9.08. The van der Waals surface area contributed by atoms with Crippen molar-refractivity contribution in [3.8, 4) is 0 Å². The number of nitrogens with zero attached hydrogens (tertiary/aromatic N) is 2. The smallest absolute Gasteiger partial charge is 0.256 e. The number of aromatic nitrogens is 1. The Balaban J connectivity index is 2.17. The summed E-state index contributed by atoms with van der Waals surface area (Å²) in [7, 11) is 1.64. The number of halogens is 2. The lowest BCUT2D eigenvalue weighted by Gasteiger charge is -2.17. The fraction of sp³-hybridized carbons (Fsp3) is 0.143. The van der Waals surface area contributed by atoms with E-state index in [1.54, 1.807) is 25.5 Å². The van der Waals surface area contributed by atoms with Crippen molar-refractivity contribution in [1.82, 2.24) is 9.88 Å². The molecule has 0 bridgehead atoms. The molecule has 2 aromatic rings. The van der Waals surface area contributed by atoms with E-state index in [9.17, 15) is 9.18 Å². The molecule has 0 radical (unpaired) electrons. The minimum atomic E-state index is -0.519. The van der Waals surface area contributed by atoms with E-state index in [1.165, 1.54) is 17.0 Å². The van der Waals surface area contributed by atoms with Crippen LogP contribution in [0.3, 0.4) is 0 Å². The highest BCUT2D eigenvalue weighted by atomic mass is 79.9. The molecule has 0 N–H and O–H groups in total. The molecule has 3 nitrogen and oxygen atoms in total. The molecular formula is C14H12BrFN2O. The van der Waals surface area contributed by atoms with Crippen molar-refractivity contribution < 1.29 is 9.18 Å². The lowest BCUT2D eigenvalue weighted by molar-refractivity contribution is 0.0780. The van der Waals surface area contributed by atoms with E-state index in [4.69, 9.17) is 0 Å². The maximum atomic E-state index is 13.6. The summed E-state index contributed by atoms with van der Waals surface area (Å²) in [5.74, 6) is -0.870. The van der Waals surface area contributed by atoms with E-state index < -0.39 is 5.82 Å². The topological polar surface area (TPSA) is 33.2 Å². The summed E-state index contributed by atoms with van der Waals surface area (Å²) in [6, 6.07) is 7.97. The van der Waals surface area contributed by atoms with Crippen LogP contribution in [0.1, 0.15) is 15.9 Å². The van der Waals surface area contributed by atoms with Crippen LogP contribution >= 0.6 is 15.9 Å². The summed E-state index contributed by atoms with van der Waals surface area (Å²) in [6.07, 6.45) is 3.32. The van der Waals surface area contributed by atoms with Crippen molar-refractivity contribution >= 4 is 21.8 Å². The van der Waals surface area contributed by atoms with E-state index >= 15 is 0 Å². The van der Waals surface area contributed by atoms with E-state index in [0.717, 1.165) is 5.56 Å². The van der Waals surface area contributed by atoms with Crippen molar-refractivity contribution in [3.05, 3.63) is 64.1 Å². The molecule has 0 aliphatic carbocycles. The highest BCUT2D eigenvalue weighted by Crippen LogP contribution is 2.17. The minimum absolute atomic E-state index is 0.0610. The highest BCUT2D eigenvalue weighted by molar-refractivity contribution is 9.10. The van der Waals surface area contributed by atoms with Crippen molar-refractivity contribution in [2.45, 2.75) is 6.54 Å². The summed E-state index contributed by atoms with van der Waals surface area (Å²) in [4.78, 5) is 17.6. The van der Waals surface area contributed by atoms with Gasteiger partial charge in [0.15, 0.2) is 0 Å². The highest BCUT2D eigenvalue weighted by Gasteiger charge is 2.16. The Bertz CT molecular complexity index is 589. The Kier molecular flexibility index (Phi) is 4.27. The Morgan fingerprint density at radius 3 is 2.68 bits per heavy atom. The molecule has 0 atom stereocenters. The number of carbonyl (C=O) groups is 1. The summed E-state index contributed by atoms with van der Waals surface area (Å²) in [5.41, 5.74) is 1.01.